The molecular formula is C26H28Cl3NO8. The van der Waals surface area contributed by atoms with Gasteiger partial charge in [0.05, 0.1) is 13.2 Å². The average Bonchev–Trinajstić information content (AvgIpc) is 2.87. The van der Waals surface area contributed by atoms with Crippen molar-refractivity contribution in [3.05, 3.63) is 71.8 Å². The van der Waals surface area contributed by atoms with Crippen molar-refractivity contribution in [3.63, 3.8) is 0 Å². The molecule has 2 aromatic rings. The zero-order chi connectivity index (χ0) is 27.7. The van der Waals surface area contributed by atoms with Gasteiger partial charge in [-0.25, -0.2) is 0 Å². The third-order valence-electron chi connectivity index (χ3n) is 5.41. The van der Waals surface area contributed by atoms with Gasteiger partial charge >= 0.3 is 11.9 Å². The molecule has 12 heteroatoms. The summed E-state index contributed by atoms with van der Waals surface area (Å²) in [7, 11) is 0. The lowest BCUT2D eigenvalue weighted by Gasteiger charge is -2.45. The van der Waals surface area contributed by atoms with E-state index in [1.54, 1.807) is 0 Å². The third-order valence-corrected chi connectivity index (χ3v) is 5.92. The smallest absolute Gasteiger partial charge is 0.303 e. The zero-order valence-electron chi connectivity index (χ0n) is 20.7. The summed E-state index contributed by atoms with van der Waals surface area (Å²) in [5.41, 5.74) is 1.70. The van der Waals surface area contributed by atoms with Crippen molar-refractivity contribution < 1.29 is 38.0 Å². The highest BCUT2D eigenvalue weighted by Gasteiger charge is 2.52. The van der Waals surface area contributed by atoms with Crippen molar-refractivity contribution in [1.29, 1.82) is 5.41 Å². The number of carbonyl (C=O) groups excluding carboxylic acids is 2. The molecule has 0 saturated carbocycles. The number of halogens is 3. The summed E-state index contributed by atoms with van der Waals surface area (Å²) in [5, 5.41) is 8.03. The molecule has 0 bridgehead atoms. The number of hydrogen-bond acceptors (Lipinski definition) is 9. The molecule has 1 aliphatic heterocycles. The summed E-state index contributed by atoms with van der Waals surface area (Å²) in [6.07, 6.45) is -5.53. The standard InChI is InChI=1S/C26H28Cl3NO8/c1-16(31)33-15-20-21(34-13-18-9-5-3-6-10-18)22(35-14-19-11-7-4-8-12-19)23(36-17(2)32)24(37-20)38-25(30)26(27,28)29/h3-12,20-24,30H,13-15H2,1-2H3. The number of carbonyl (C=O) groups is 2. The second-order valence-corrected chi connectivity index (χ2v) is 10.7. The molecular weight excluding hydrogens is 561 g/mol. The second kappa shape index (κ2) is 14.1. The Morgan fingerprint density at radius 2 is 1.34 bits per heavy atom. The summed E-state index contributed by atoms with van der Waals surface area (Å²) in [5.74, 6) is -1.98. The molecule has 1 saturated heterocycles. The number of nitrogens with one attached hydrogen (secondary N) is 1. The van der Waals surface area contributed by atoms with Crippen LogP contribution in [0.4, 0.5) is 0 Å². The first kappa shape index (κ1) is 30.1. The first-order valence-corrected chi connectivity index (χ1v) is 12.8. The van der Waals surface area contributed by atoms with Gasteiger partial charge in [0.2, 0.25) is 12.2 Å². The predicted octanol–water partition coefficient (Wildman–Crippen LogP) is 4.74. The Kier molecular flexibility index (Phi) is 11.2. The maximum Gasteiger partial charge on any atom is 0.303 e. The van der Waals surface area contributed by atoms with E-state index in [0.717, 1.165) is 11.1 Å². The number of hydrogen-bond donors (Lipinski definition) is 1. The highest BCUT2D eigenvalue weighted by Crippen LogP contribution is 2.34. The minimum absolute atomic E-state index is 0.114. The maximum absolute atomic E-state index is 12.1. The molecule has 1 heterocycles. The topological polar surface area (TPSA) is 113 Å². The summed E-state index contributed by atoms with van der Waals surface area (Å²) in [6.45, 7) is 2.48. The van der Waals surface area contributed by atoms with E-state index in [-0.39, 0.29) is 19.8 Å². The molecule has 1 fully saturated rings. The molecule has 3 rings (SSSR count). The molecule has 1 N–H and O–H groups in total. The largest absolute Gasteiger partial charge is 0.463 e. The number of benzene rings is 2. The number of alkyl halides is 3. The second-order valence-electron chi connectivity index (χ2n) is 8.39. The fourth-order valence-electron chi connectivity index (χ4n) is 3.73. The van der Waals surface area contributed by atoms with Crippen molar-refractivity contribution >= 4 is 52.6 Å². The lowest BCUT2D eigenvalue weighted by Crippen LogP contribution is -2.62. The molecule has 1 aliphatic rings. The van der Waals surface area contributed by atoms with Crippen molar-refractivity contribution in [2.75, 3.05) is 6.61 Å². The molecule has 0 radical (unpaired) electrons. The van der Waals surface area contributed by atoms with Crippen molar-refractivity contribution in [2.24, 2.45) is 0 Å². The van der Waals surface area contributed by atoms with Gasteiger partial charge in [0.25, 0.3) is 3.79 Å². The summed E-state index contributed by atoms with van der Waals surface area (Å²) in [4.78, 5) is 23.7. The number of ether oxygens (including phenoxy) is 6. The number of esters is 2. The van der Waals surface area contributed by atoms with Crippen LogP contribution in [0.15, 0.2) is 60.7 Å². The van der Waals surface area contributed by atoms with Crippen molar-refractivity contribution in [1.82, 2.24) is 0 Å². The Labute approximate surface area is 235 Å². The predicted molar refractivity (Wildman–Crippen MR) is 140 cm³/mol. The van der Waals surface area contributed by atoms with E-state index in [1.165, 1.54) is 13.8 Å². The fraction of sp³-hybridized carbons (Fsp3) is 0.423. The first-order chi connectivity index (χ1) is 18.0. The lowest BCUT2D eigenvalue weighted by atomic mass is 9.98. The minimum atomic E-state index is -2.21. The van der Waals surface area contributed by atoms with Gasteiger partial charge in [-0.05, 0) is 11.1 Å². The molecule has 0 aromatic heterocycles. The highest BCUT2D eigenvalue weighted by atomic mass is 35.6. The molecule has 9 nitrogen and oxygen atoms in total. The van der Waals surface area contributed by atoms with E-state index >= 15 is 0 Å². The van der Waals surface area contributed by atoms with Gasteiger partial charge in [0, 0.05) is 13.8 Å². The van der Waals surface area contributed by atoms with Crippen LogP contribution in [0.5, 0.6) is 0 Å². The molecule has 0 aliphatic carbocycles. The Balaban J connectivity index is 1.96. The highest BCUT2D eigenvalue weighted by molar-refractivity contribution is 6.76. The fourth-order valence-corrected chi connectivity index (χ4v) is 3.87. The zero-order valence-corrected chi connectivity index (χ0v) is 22.9. The van der Waals surface area contributed by atoms with Crippen LogP contribution >= 0.6 is 34.8 Å². The first-order valence-electron chi connectivity index (χ1n) is 11.6. The average molecular weight is 589 g/mol. The quantitative estimate of drug-likeness (QED) is 0.183. The Bertz CT molecular complexity index is 1070. The molecule has 5 atom stereocenters. The van der Waals surface area contributed by atoms with E-state index in [0.29, 0.717) is 0 Å². The lowest BCUT2D eigenvalue weighted by molar-refractivity contribution is -0.304. The van der Waals surface area contributed by atoms with Gasteiger partial charge in [0.15, 0.2) is 6.10 Å². The van der Waals surface area contributed by atoms with E-state index in [2.05, 4.69) is 0 Å². The van der Waals surface area contributed by atoms with Crippen LogP contribution in [0.25, 0.3) is 0 Å². The normalized spacial score (nSPS) is 23.3. The van der Waals surface area contributed by atoms with E-state index in [1.807, 2.05) is 60.7 Å². The van der Waals surface area contributed by atoms with Gasteiger partial charge < -0.3 is 28.4 Å². The van der Waals surface area contributed by atoms with Crippen LogP contribution in [0.2, 0.25) is 0 Å². The minimum Gasteiger partial charge on any atom is -0.463 e. The monoisotopic (exact) mass is 587 g/mol. The molecule has 2 aromatic carbocycles. The molecule has 5 unspecified atom stereocenters. The van der Waals surface area contributed by atoms with Gasteiger partial charge in [0.1, 0.15) is 24.9 Å². The van der Waals surface area contributed by atoms with E-state index in [4.69, 9.17) is 68.6 Å². The van der Waals surface area contributed by atoms with Gasteiger partial charge in [-0.3, -0.25) is 15.0 Å². The van der Waals surface area contributed by atoms with Crippen LogP contribution in [0, 0.1) is 5.41 Å². The van der Waals surface area contributed by atoms with Crippen LogP contribution in [0.3, 0.4) is 0 Å². The number of rotatable bonds is 10. The molecule has 0 spiro atoms. The van der Waals surface area contributed by atoms with E-state index < -0.39 is 52.3 Å². The third kappa shape index (κ3) is 9.11. The summed E-state index contributed by atoms with van der Waals surface area (Å²) in [6, 6.07) is 18.7. The summed E-state index contributed by atoms with van der Waals surface area (Å²) < 4.78 is 32.5. The van der Waals surface area contributed by atoms with Crippen LogP contribution in [0.1, 0.15) is 25.0 Å². The van der Waals surface area contributed by atoms with Crippen molar-refractivity contribution in [2.45, 2.75) is 61.6 Å². The maximum atomic E-state index is 12.1. The van der Waals surface area contributed by atoms with Crippen LogP contribution in [-0.4, -0.2) is 58.9 Å². The van der Waals surface area contributed by atoms with Crippen molar-refractivity contribution in [3.8, 4) is 0 Å². The van der Waals surface area contributed by atoms with E-state index in [9.17, 15) is 9.59 Å². The molecule has 0 amide bonds. The SMILES string of the molecule is CC(=O)OCC1OC(OC(=N)C(Cl)(Cl)Cl)C(OC(C)=O)C(OCc2ccccc2)C1OCc1ccccc1. The van der Waals surface area contributed by atoms with Crippen LogP contribution in [-0.2, 0) is 51.2 Å². The molecule has 206 valence electrons. The van der Waals surface area contributed by atoms with Gasteiger partial charge in [-0.1, -0.05) is 95.5 Å². The van der Waals surface area contributed by atoms with Gasteiger partial charge in [-0.15, -0.1) is 0 Å². The van der Waals surface area contributed by atoms with Crippen LogP contribution < -0.4 is 0 Å². The molecule has 38 heavy (non-hydrogen) atoms. The Morgan fingerprint density at radius 3 is 1.82 bits per heavy atom. The summed E-state index contributed by atoms with van der Waals surface area (Å²) >= 11 is 17.4. The Hall–Kier alpha value is -2.40. The van der Waals surface area contributed by atoms with Gasteiger partial charge in [-0.2, -0.15) is 0 Å². The Morgan fingerprint density at radius 1 is 0.816 bits per heavy atom.